The van der Waals surface area contributed by atoms with Crippen molar-refractivity contribution in [3.8, 4) is 5.75 Å². The van der Waals surface area contributed by atoms with Gasteiger partial charge in [-0.25, -0.2) is 0 Å². The molecule has 1 fully saturated rings. The summed E-state index contributed by atoms with van der Waals surface area (Å²) in [7, 11) is 1.43. The number of methoxy groups -OCH3 is 1. The lowest BCUT2D eigenvalue weighted by Crippen LogP contribution is -2.43. The molecule has 0 saturated carbocycles. The number of carbonyl (C=O) groups is 1. The summed E-state index contributed by atoms with van der Waals surface area (Å²) in [5, 5.41) is 5.53. The molecule has 2 N–H and O–H groups in total. The molecule has 5 nitrogen and oxygen atoms in total. The van der Waals surface area contributed by atoms with Gasteiger partial charge in [0.1, 0.15) is 5.75 Å². The highest BCUT2D eigenvalue weighted by molar-refractivity contribution is 14.1. The Labute approximate surface area is 188 Å². The van der Waals surface area contributed by atoms with Crippen molar-refractivity contribution in [3.63, 3.8) is 0 Å². The molecule has 1 aliphatic rings. The lowest BCUT2D eigenvalue weighted by Gasteiger charge is -2.25. The first-order chi connectivity index (χ1) is 15.5. The number of hydrogen-bond donors (Lipinski definition) is 2. The molecule has 1 aliphatic heterocycles. The molecule has 2 atom stereocenters. The molecule has 6 heteroatoms. The van der Waals surface area contributed by atoms with Crippen LogP contribution in [0.4, 0.5) is 5.69 Å². The van der Waals surface area contributed by atoms with Crippen molar-refractivity contribution < 1.29 is 16.4 Å². The van der Waals surface area contributed by atoms with Gasteiger partial charge in [0.15, 0.2) is 0 Å². The van der Waals surface area contributed by atoms with Crippen molar-refractivity contribution in [3.05, 3.63) is 59.2 Å². The Balaban J connectivity index is 1.80. The van der Waals surface area contributed by atoms with E-state index in [2.05, 4.69) is 33.2 Å². The van der Waals surface area contributed by atoms with Crippen LogP contribution in [0.2, 0.25) is 0 Å². The molecule has 0 bridgehead atoms. The summed E-state index contributed by atoms with van der Waals surface area (Å²) in [4.78, 5) is 14.9. The van der Waals surface area contributed by atoms with E-state index in [-0.39, 0.29) is 23.7 Å². The van der Waals surface area contributed by atoms with E-state index < -0.39 is 13.5 Å². The minimum absolute atomic E-state index is 0.226. The third-order valence-corrected chi connectivity index (χ3v) is 5.89. The largest absolute Gasteiger partial charge is 0.496 e. The molecule has 0 aromatic heterocycles. The Kier molecular flexibility index (Phi) is 5.18. The van der Waals surface area contributed by atoms with Crippen LogP contribution in [0.5, 0.6) is 5.75 Å². The molecule has 0 aliphatic carbocycles. The zero-order valence-electron chi connectivity index (χ0n) is 21.0. The molecule has 1 amide bonds. The summed E-state index contributed by atoms with van der Waals surface area (Å²) in [6.45, 7) is -1.61. The number of likely N-dealkylation sites (tertiary alicyclic amines) is 1. The zero-order chi connectivity index (χ0) is 24.4. The monoisotopic (exact) mass is 498 g/mol. The van der Waals surface area contributed by atoms with Crippen molar-refractivity contribution in [2.24, 2.45) is 0 Å². The fourth-order valence-corrected chi connectivity index (χ4v) is 4.04. The van der Waals surface area contributed by atoms with E-state index in [0.717, 1.165) is 0 Å². The summed E-state index contributed by atoms with van der Waals surface area (Å²) >= 11 is 2.12. The van der Waals surface area contributed by atoms with Gasteiger partial charge in [0.2, 0.25) is 0 Å². The second-order valence-corrected chi connectivity index (χ2v) is 7.51. The first-order valence-electron chi connectivity index (χ1n) is 11.7. The maximum absolute atomic E-state index is 13.2. The molecule has 1 heterocycles. The molecule has 0 radical (unpaired) electrons. The number of anilines is 1. The number of hydrogen-bond acceptors (Lipinski definition) is 4. The van der Waals surface area contributed by atoms with Gasteiger partial charge in [-0.15, -0.1) is 0 Å². The predicted molar refractivity (Wildman–Crippen MR) is 122 cm³/mol. The number of benzene rings is 2. The summed E-state index contributed by atoms with van der Waals surface area (Å²) in [5.41, 5.74) is 1.97. The molecule has 2 aromatic rings. The summed E-state index contributed by atoms with van der Waals surface area (Å²) in [6, 6.07) is 11.7. The lowest BCUT2D eigenvalue weighted by molar-refractivity contribution is 0.0924. The predicted octanol–water partition coefficient (Wildman–Crippen LogP) is 4.06. The van der Waals surface area contributed by atoms with Gasteiger partial charge in [0.05, 0.1) is 12.7 Å². The Morgan fingerprint density at radius 2 is 2.18 bits per heavy atom. The number of carbonyl (C=O) groups excluding carboxylic acids is 1. The van der Waals surface area contributed by atoms with Crippen LogP contribution in [0.1, 0.15) is 41.7 Å². The second kappa shape index (κ2) is 9.60. The van der Waals surface area contributed by atoms with Crippen molar-refractivity contribution in [2.45, 2.75) is 36.4 Å². The van der Waals surface area contributed by atoms with Crippen LogP contribution in [-0.2, 0) is 10.9 Å². The van der Waals surface area contributed by atoms with Gasteiger partial charge in [-0.2, -0.15) is 0 Å². The molecule has 1 saturated heterocycles. The minimum Gasteiger partial charge on any atom is -0.496 e. The highest BCUT2D eigenvalue weighted by Gasteiger charge is 2.32. The van der Waals surface area contributed by atoms with E-state index in [1.54, 1.807) is 23.1 Å². The Morgan fingerprint density at radius 1 is 1.39 bits per heavy atom. The average molecular weight is 498 g/mol. The van der Waals surface area contributed by atoms with Crippen molar-refractivity contribution >= 4 is 34.2 Å². The van der Waals surface area contributed by atoms with E-state index in [1.165, 1.54) is 13.2 Å². The van der Waals surface area contributed by atoms with Crippen LogP contribution in [0, 0.1) is 0 Å². The molecule has 2 aromatic carbocycles. The normalized spacial score (nSPS) is 23.0. The van der Waals surface area contributed by atoms with E-state index in [4.69, 9.17) is 11.6 Å². The van der Waals surface area contributed by atoms with E-state index in [9.17, 15) is 4.79 Å². The Bertz CT molecular complexity index is 988. The van der Waals surface area contributed by atoms with Crippen molar-refractivity contribution in [1.29, 1.82) is 0 Å². The number of nitrogens with zero attached hydrogens (tertiary/aromatic N) is 1. The Hall–Kier alpha value is -1.80. The molecular weight excluding hydrogens is 465 g/mol. The summed E-state index contributed by atoms with van der Waals surface area (Å²) in [6.07, 6.45) is 0.611. The standard InChI is InChI=1S/C22H28IN3O2/c1-15-19(9-10-26(15)14-16-7-5-4-6-8-16)25-22(27)18-11-17(13-23)20(24-2)12-21(18)28-3/h4-8,11-12,15,19,24H,9-10,13-14H2,1-3H3,(H,25,27)/t15-,19-/m1/s1/i2D3,14D2. The first kappa shape index (κ1) is 15.1. The fourth-order valence-electron chi connectivity index (χ4n) is 3.41. The smallest absolute Gasteiger partial charge is 0.255 e. The quantitative estimate of drug-likeness (QED) is 0.447. The van der Waals surface area contributed by atoms with E-state index >= 15 is 0 Å². The highest BCUT2D eigenvalue weighted by atomic mass is 127. The summed E-state index contributed by atoms with van der Waals surface area (Å²) < 4.78 is 45.6. The third-order valence-electron chi connectivity index (χ3n) is 5.07. The maximum atomic E-state index is 13.2. The van der Waals surface area contributed by atoms with Crippen LogP contribution < -0.4 is 15.4 Å². The number of halogens is 1. The minimum atomic E-state index is -2.37. The molecular formula is C22H28IN3O2. The third kappa shape index (κ3) is 4.60. The molecule has 150 valence electrons. The van der Waals surface area contributed by atoms with Gasteiger partial charge >= 0.3 is 0 Å². The number of rotatable bonds is 7. The van der Waals surface area contributed by atoms with E-state index in [0.29, 0.717) is 39.8 Å². The fraction of sp³-hybridized carbons (Fsp3) is 0.409. The van der Waals surface area contributed by atoms with Gasteiger partial charge in [-0.3, -0.25) is 9.69 Å². The topological polar surface area (TPSA) is 53.6 Å². The zero-order valence-corrected chi connectivity index (χ0v) is 18.1. The van der Waals surface area contributed by atoms with Gasteiger partial charge < -0.3 is 15.4 Å². The molecule has 0 unspecified atom stereocenters. The van der Waals surface area contributed by atoms with Gasteiger partial charge in [-0.1, -0.05) is 52.9 Å². The highest BCUT2D eigenvalue weighted by Crippen LogP contribution is 2.29. The molecule has 3 rings (SSSR count). The van der Waals surface area contributed by atoms with Gasteiger partial charge in [0.25, 0.3) is 5.91 Å². The van der Waals surface area contributed by atoms with Crippen LogP contribution in [-0.4, -0.2) is 43.5 Å². The number of ether oxygens (including phenoxy) is 1. The Morgan fingerprint density at radius 3 is 2.86 bits per heavy atom. The first-order valence-corrected chi connectivity index (χ1v) is 10.7. The SMILES string of the molecule is [2H]C([2H])([2H])Nc1cc(OC)c(C(=O)N[C@@H]2CCN(C([2H])([2H])c3ccccc3)[C@@H]2C)cc1CI. The number of amides is 1. The molecule has 0 spiro atoms. The van der Waals surface area contributed by atoms with E-state index in [1.807, 2.05) is 25.1 Å². The van der Waals surface area contributed by atoms with Crippen LogP contribution in [0.25, 0.3) is 0 Å². The number of alkyl halides is 1. The van der Waals surface area contributed by atoms with Crippen molar-refractivity contribution in [1.82, 2.24) is 10.2 Å². The van der Waals surface area contributed by atoms with Gasteiger partial charge in [-0.05, 0) is 30.5 Å². The van der Waals surface area contributed by atoms with Crippen LogP contribution in [0.3, 0.4) is 0 Å². The average Bonchev–Trinajstić information content (AvgIpc) is 3.13. The molecule has 28 heavy (non-hydrogen) atoms. The summed E-state index contributed by atoms with van der Waals surface area (Å²) in [5.74, 6) is -0.0627. The van der Waals surface area contributed by atoms with Crippen LogP contribution >= 0.6 is 22.6 Å². The number of nitrogens with one attached hydrogen (secondary N) is 2. The van der Waals surface area contributed by atoms with Crippen molar-refractivity contribution in [2.75, 3.05) is 25.9 Å². The van der Waals surface area contributed by atoms with Crippen LogP contribution in [0.15, 0.2) is 42.5 Å². The lowest BCUT2D eigenvalue weighted by atomic mass is 10.1. The van der Waals surface area contributed by atoms with Gasteiger partial charge in [0, 0.05) is 55.1 Å². The second-order valence-electron chi connectivity index (χ2n) is 6.75. The maximum Gasteiger partial charge on any atom is 0.255 e.